The van der Waals surface area contributed by atoms with Crippen LogP contribution in [0.15, 0.2) is 24.5 Å². The molecule has 3 aromatic rings. The van der Waals surface area contributed by atoms with Crippen LogP contribution in [0.2, 0.25) is 0 Å². The molecule has 0 saturated carbocycles. The Labute approximate surface area is 140 Å². The third-order valence-corrected chi connectivity index (χ3v) is 4.23. The van der Waals surface area contributed by atoms with Crippen LogP contribution in [0, 0.1) is 23.4 Å². The van der Waals surface area contributed by atoms with Crippen molar-refractivity contribution in [3.63, 3.8) is 0 Å². The smallest absolute Gasteiger partial charge is 0.225 e. The number of rotatable bonds is 2. The lowest BCUT2D eigenvalue weighted by atomic mass is 10.0. The van der Waals surface area contributed by atoms with Crippen LogP contribution < -0.4 is 4.90 Å². The van der Waals surface area contributed by atoms with Gasteiger partial charge in [0.1, 0.15) is 23.0 Å². The SMILES string of the molecule is Fc1cc(F)c(-c2c(F)nc3nccnc3c2N2CCCC2)c(F)c1. The number of anilines is 1. The molecule has 2 aromatic heterocycles. The van der Waals surface area contributed by atoms with Gasteiger partial charge in [-0.05, 0) is 12.8 Å². The number of aromatic nitrogens is 3. The summed E-state index contributed by atoms with van der Waals surface area (Å²) in [7, 11) is 0. The van der Waals surface area contributed by atoms with Gasteiger partial charge in [0.25, 0.3) is 0 Å². The lowest BCUT2D eigenvalue weighted by molar-refractivity contribution is 0.542. The molecule has 4 nitrogen and oxygen atoms in total. The topological polar surface area (TPSA) is 41.9 Å². The summed E-state index contributed by atoms with van der Waals surface area (Å²) in [5.74, 6) is -4.53. The van der Waals surface area contributed by atoms with Crippen molar-refractivity contribution in [3.8, 4) is 11.1 Å². The van der Waals surface area contributed by atoms with E-state index in [4.69, 9.17) is 0 Å². The highest BCUT2D eigenvalue weighted by atomic mass is 19.1. The van der Waals surface area contributed by atoms with Gasteiger partial charge < -0.3 is 4.90 Å². The van der Waals surface area contributed by atoms with Crippen LogP contribution in [0.5, 0.6) is 0 Å². The Morgan fingerprint density at radius 1 is 0.840 bits per heavy atom. The molecule has 25 heavy (non-hydrogen) atoms. The minimum atomic E-state index is -1.19. The van der Waals surface area contributed by atoms with Crippen LogP contribution in [0.25, 0.3) is 22.3 Å². The Balaban J connectivity index is 2.10. The molecule has 3 heterocycles. The van der Waals surface area contributed by atoms with Gasteiger partial charge in [0.2, 0.25) is 5.95 Å². The number of benzene rings is 1. The molecule has 4 rings (SSSR count). The summed E-state index contributed by atoms with van der Waals surface area (Å²) in [5.41, 5.74) is -0.472. The molecule has 0 amide bonds. The molecule has 0 N–H and O–H groups in total. The fraction of sp³-hybridized carbons (Fsp3) is 0.235. The summed E-state index contributed by atoms with van der Waals surface area (Å²) in [6.07, 6.45) is 4.49. The number of hydrogen-bond donors (Lipinski definition) is 0. The molecular weight excluding hydrogens is 336 g/mol. The number of pyridine rings is 1. The first-order chi connectivity index (χ1) is 12.1. The zero-order chi connectivity index (χ0) is 17.6. The van der Waals surface area contributed by atoms with Gasteiger partial charge in [-0.25, -0.2) is 23.1 Å². The van der Waals surface area contributed by atoms with E-state index in [1.807, 2.05) is 0 Å². The Kier molecular flexibility index (Phi) is 3.74. The second-order valence-corrected chi connectivity index (χ2v) is 5.79. The fourth-order valence-electron chi connectivity index (χ4n) is 3.20. The van der Waals surface area contributed by atoms with Crippen molar-refractivity contribution in [2.24, 2.45) is 0 Å². The van der Waals surface area contributed by atoms with E-state index in [9.17, 15) is 17.6 Å². The van der Waals surface area contributed by atoms with Crippen LogP contribution in [0.4, 0.5) is 23.2 Å². The molecule has 1 aliphatic heterocycles. The molecule has 0 atom stereocenters. The summed E-state index contributed by atoms with van der Waals surface area (Å²) >= 11 is 0. The van der Waals surface area contributed by atoms with Crippen molar-refractivity contribution in [1.82, 2.24) is 15.0 Å². The van der Waals surface area contributed by atoms with Crippen molar-refractivity contribution in [3.05, 3.63) is 47.9 Å². The molecule has 0 aliphatic carbocycles. The molecule has 1 aromatic carbocycles. The highest BCUT2D eigenvalue weighted by molar-refractivity contribution is 5.96. The van der Waals surface area contributed by atoms with E-state index in [0.717, 1.165) is 12.8 Å². The Hall–Kier alpha value is -2.77. The molecule has 8 heteroatoms. The maximum Gasteiger partial charge on any atom is 0.225 e. The zero-order valence-electron chi connectivity index (χ0n) is 12.9. The minimum Gasteiger partial charge on any atom is -0.369 e. The molecule has 0 bridgehead atoms. The van der Waals surface area contributed by atoms with E-state index in [1.54, 1.807) is 4.90 Å². The lowest BCUT2D eigenvalue weighted by Gasteiger charge is -2.23. The van der Waals surface area contributed by atoms with Gasteiger partial charge >= 0.3 is 0 Å². The van der Waals surface area contributed by atoms with Crippen LogP contribution in [-0.2, 0) is 0 Å². The van der Waals surface area contributed by atoms with Crippen molar-refractivity contribution in [1.29, 1.82) is 0 Å². The predicted molar refractivity (Wildman–Crippen MR) is 84.0 cm³/mol. The standard InChI is InChI=1S/C17H12F4N4/c18-9-7-10(19)12(11(20)8-9)13-15(25-5-1-2-6-25)14-17(24-16(13)21)23-4-3-22-14/h3-4,7-8H,1-2,5-6H2. The predicted octanol–water partition coefficient (Wildman–Crippen LogP) is 3.85. The summed E-state index contributed by atoms with van der Waals surface area (Å²) in [6, 6.07) is 1.04. The van der Waals surface area contributed by atoms with Crippen LogP contribution in [-0.4, -0.2) is 28.0 Å². The summed E-state index contributed by atoms with van der Waals surface area (Å²) in [5, 5.41) is 0. The Morgan fingerprint density at radius 3 is 2.16 bits per heavy atom. The summed E-state index contributed by atoms with van der Waals surface area (Å²) < 4.78 is 56.6. The number of halogens is 4. The molecule has 1 saturated heterocycles. The third kappa shape index (κ3) is 2.57. The van der Waals surface area contributed by atoms with Gasteiger partial charge in [0.15, 0.2) is 5.65 Å². The van der Waals surface area contributed by atoms with Crippen LogP contribution in [0.1, 0.15) is 12.8 Å². The van der Waals surface area contributed by atoms with Gasteiger partial charge in [0.05, 0.1) is 16.8 Å². The van der Waals surface area contributed by atoms with Gasteiger partial charge in [-0.2, -0.15) is 9.37 Å². The lowest BCUT2D eigenvalue weighted by Crippen LogP contribution is -2.21. The first kappa shape index (κ1) is 15.7. The van der Waals surface area contributed by atoms with Gasteiger partial charge in [0, 0.05) is 37.6 Å². The van der Waals surface area contributed by atoms with Crippen LogP contribution in [0.3, 0.4) is 0 Å². The van der Waals surface area contributed by atoms with E-state index < -0.39 is 29.0 Å². The van der Waals surface area contributed by atoms with Crippen LogP contribution >= 0.6 is 0 Å². The Bertz CT molecular complexity index is 947. The van der Waals surface area contributed by atoms with Crippen molar-refractivity contribution < 1.29 is 17.6 Å². The van der Waals surface area contributed by atoms with Crippen molar-refractivity contribution in [2.75, 3.05) is 18.0 Å². The third-order valence-electron chi connectivity index (χ3n) is 4.23. The van der Waals surface area contributed by atoms with E-state index in [-0.39, 0.29) is 22.4 Å². The number of nitrogens with zero attached hydrogens (tertiary/aromatic N) is 4. The van der Waals surface area contributed by atoms with E-state index >= 15 is 0 Å². The van der Waals surface area contributed by atoms with Gasteiger partial charge in [-0.15, -0.1) is 0 Å². The van der Waals surface area contributed by atoms with Gasteiger partial charge in [-0.1, -0.05) is 0 Å². The van der Waals surface area contributed by atoms with Gasteiger partial charge in [-0.3, -0.25) is 0 Å². The monoisotopic (exact) mass is 348 g/mol. The average Bonchev–Trinajstić information content (AvgIpc) is 3.08. The normalized spacial score (nSPS) is 14.5. The number of hydrogen-bond acceptors (Lipinski definition) is 4. The fourth-order valence-corrected chi connectivity index (χ4v) is 3.20. The molecule has 0 spiro atoms. The molecular formula is C17H12F4N4. The van der Waals surface area contributed by atoms with E-state index in [2.05, 4.69) is 15.0 Å². The average molecular weight is 348 g/mol. The molecule has 1 fully saturated rings. The maximum atomic E-state index is 14.7. The molecule has 0 radical (unpaired) electrons. The molecule has 1 aliphatic rings. The van der Waals surface area contributed by atoms with E-state index in [0.29, 0.717) is 25.2 Å². The second-order valence-electron chi connectivity index (χ2n) is 5.79. The first-order valence-electron chi connectivity index (χ1n) is 7.76. The summed E-state index contributed by atoms with van der Waals surface area (Å²) in [4.78, 5) is 13.7. The minimum absolute atomic E-state index is 0.0496. The highest BCUT2D eigenvalue weighted by Crippen LogP contribution is 2.40. The zero-order valence-corrected chi connectivity index (χ0v) is 12.9. The first-order valence-corrected chi connectivity index (χ1v) is 7.76. The highest BCUT2D eigenvalue weighted by Gasteiger charge is 2.28. The van der Waals surface area contributed by atoms with Crippen molar-refractivity contribution >= 4 is 16.9 Å². The largest absolute Gasteiger partial charge is 0.369 e. The quantitative estimate of drug-likeness (QED) is 0.521. The van der Waals surface area contributed by atoms with E-state index in [1.165, 1.54) is 12.4 Å². The molecule has 128 valence electrons. The molecule has 0 unspecified atom stereocenters. The maximum absolute atomic E-state index is 14.7. The van der Waals surface area contributed by atoms with Crippen molar-refractivity contribution in [2.45, 2.75) is 12.8 Å². The summed E-state index contributed by atoms with van der Waals surface area (Å²) in [6.45, 7) is 1.18. The second kappa shape index (κ2) is 5.94. The number of fused-ring (bicyclic) bond motifs is 1. The Morgan fingerprint density at radius 2 is 1.48 bits per heavy atom.